The molecule has 1 aliphatic rings. The first-order valence-corrected chi connectivity index (χ1v) is 8.51. The Morgan fingerprint density at radius 3 is 2.50 bits per heavy atom. The molecule has 128 valence electrons. The van der Waals surface area contributed by atoms with Crippen LogP contribution in [0.1, 0.15) is 24.2 Å². The van der Waals surface area contributed by atoms with Crippen molar-refractivity contribution in [3.05, 3.63) is 11.4 Å². The zero-order chi connectivity index (χ0) is 15.8. The molecule has 1 fully saturated rings. The second kappa shape index (κ2) is 7.27. The van der Waals surface area contributed by atoms with E-state index in [1.165, 1.54) is 4.31 Å². The molecule has 0 aromatic carbocycles. The summed E-state index contributed by atoms with van der Waals surface area (Å²) in [7, 11) is -0.181. The topological polar surface area (TPSA) is 90.5 Å². The number of hydrogen-bond donors (Lipinski definition) is 1. The van der Waals surface area contributed by atoms with E-state index in [1.807, 2.05) is 0 Å². The van der Waals surface area contributed by atoms with Gasteiger partial charge in [0.05, 0.1) is 17.5 Å². The van der Waals surface area contributed by atoms with Gasteiger partial charge in [-0.3, -0.25) is 4.68 Å². The highest BCUT2D eigenvalue weighted by atomic mass is 35.5. The maximum Gasteiger partial charge on any atom is 0.247 e. The Labute approximate surface area is 138 Å². The summed E-state index contributed by atoms with van der Waals surface area (Å²) < 4.78 is 34.4. The Balaban J connectivity index is 0.00000242. The molecule has 1 saturated heterocycles. The lowest BCUT2D eigenvalue weighted by molar-refractivity contribution is 0.0401. The summed E-state index contributed by atoms with van der Waals surface area (Å²) in [6, 6.07) is -0.229. The minimum Gasteiger partial charge on any atom is -0.381 e. The summed E-state index contributed by atoms with van der Waals surface area (Å²) in [5, 5.41) is 4.21. The van der Waals surface area contributed by atoms with Crippen LogP contribution < -0.4 is 5.73 Å². The van der Waals surface area contributed by atoms with Crippen molar-refractivity contribution in [2.45, 2.75) is 43.7 Å². The van der Waals surface area contributed by atoms with Crippen LogP contribution in [0.2, 0.25) is 0 Å². The second-order valence-corrected chi connectivity index (χ2v) is 7.34. The first kappa shape index (κ1) is 19.4. The zero-order valence-corrected chi connectivity index (χ0v) is 15.1. The molecular formula is C13H25ClN4O3S. The highest BCUT2D eigenvalue weighted by molar-refractivity contribution is 7.89. The van der Waals surface area contributed by atoms with Gasteiger partial charge in [-0.1, -0.05) is 0 Å². The highest BCUT2D eigenvalue weighted by Crippen LogP contribution is 2.29. The Kier molecular flexibility index (Phi) is 6.40. The highest BCUT2D eigenvalue weighted by Gasteiger charge is 2.38. The number of ether oxygens (including phenoxy) is 1. The number of aromatic nitrogens is 2. The first-order chi connectivity index (χ1) is 9.82. The predicted molar refractivity (Wildman–Crippen MR) is 86.7 cm³/mol. The van der Waals surface area contributed by atoms with Gasteiger partial charge in [0.25, 0.3) is 0 Å². The third-order valence-electron chi connectivity index (χ3n) is 4.23. The summed E-state index contributed by atoms with van der Waals surface area (Å²) in [6.45, 7) is 4.21. The molecule has 0 aliphatic carbocycles. The molecule has 2 N–H and O–H groups in total. The summed E-state index contributed by atoms with van der Waals surface area (Å²) in [5.74, 6) is 0. The molecule has 0 saturated carbocycles. The molecule has 9 heteroatoms. The van der Waals surface area contributed by atoms with Crippen LogP contribution in [0.15, 0.2) is 4.90 Å². The molecule has 2 atom stereocenters. The zero-order valence-electron chi connectivity index (χ0n) is 13.4. The fourth-order valence-corrected chi connectivity index (χ4v) is 5.05. The Hall–Kier alpha value is -0.670. The summed E-state index contributed by atoms with van der Waals surface area (Å²) >= 11 is 0. The number of methoxy groups -OCH3 is 1. The third-order valence-corrected chi connectivity index (χ3v) is 6.43. The fourth-order valence-electron chi connectivity index (χ4n) is 2.98. The van der Waals surface area contributed by atoms with Gasteiger partial charge < -0.3 is 10.5 Å². The molecule has 0 amide bonds. The molecule has 0 radical (unpaired) electrons. The molecule has 22 heavy (non-hydrogen) atoms. The van der Waals surface area contributed by atoms with Crippen molar-refractivity contribution in [1.29, 1.82) is 0 Å². The maximum absolute atomic E-state index is 13.0. The van der Waals surface area contributed by atoms with E-state index in [0.29, 0.717) is 35.7 Å². The van der Waals surface area contributed by atoms with Gasteiger partial charge in [0.1, 0.15) is 4.90 Å². The first-order valence-electron chi connectivity index (χ1n) is 7.07. The van der Waals surface area contributed by atoms with Crippen molar-refractivity contribution in [3.8, 4) is 0 Å². The Morgan fingerprint density at radius 1 is 1.41 bits per heavy atom. The number of sulfonamides is 1. The molecule has 7 nitrogen and oxygen atoms in total. The van der Waals surface area contributed by atoms with Crippen molar-refractivity contribution < 1.29 is 13.2 Å². The van der Waals surface area contributed by atoms with Gasteiger partial charge in [0.2, 0.25) is 10.0 Å². The Bertz CT molecular complexity index is 617. The number of halogens is 1. The number of nitrogens with zero attached hydrogens (tertiary/aromatic N) is 3. The van der Waals surface area contributed by atoms with Crippen LogP contribution >= 0.6 is 12.4 Å². The van der Waals surface area contributed by atoms with E-state index in [2.05, 4.69) is 5.10 Å². The molecule has 2 heterocycles. The molecule has 0 bridgehead atoms. The second-order valence-electron chi connectivity index (χ2n) is 5.51. The van der Waals surface area contributed by atoms with Gasteiger partial charge in [-0.2, -0.15) is 9.40 Å². The summed E-state index contributed by atoms with van der Waals surface area (Å²) in [5.41, 5.74) is 6.96. The van der Waals surface area contributed by atoms with Crippen molar-refractivity contribution in [1.82, 2.24) is 14.1 Å². The number of nitrogens with two attached hydrogens (primary N) is 1. The van der Waals surface area contributed by atoms with Crippen LogP contribution in [0.5, 0.6) is 0 Å². The number of piperidine rings is 1. The quantitative estimate of drug-likeness (QED) is 0.856. The van der Waals surface area contributed by atoms with Gasteiger partial charge in [-0.15, -0.1) is 12.4 Å². The predicted octanol–water partition coefficient (Wildman–Crippen LogP) is 0.586. The van der Waals surface area contributed by atoms with E-state index in [9.17, 15) is 8.42 Å². The minimum atomic E-state index is -3.58. The monoisotopic (exact) mass is 352 g/mol. The van der Waals surface area contributed by atoms with E-state index in [0.717, 1.165) is 0 Å². The van der Waals surface area contributed by atoms with Gasteiger partial charge in [0.15, 0.2) is 0 Å². The average molecular weight is 353 g/mol. The molecule has 1 aromatic heterocycles. The molecule has 2 unspecified atom stereocenters. The van der Waals surface area contributed by atoms with E-state index in [1.54, 1.807) is 32.7 Å². The van der Waals surface area contributed by atoms with Crippen LogP contribution in [-0.2, 0) is 21.8 Å². The van der Waals surface area contributed by atoms with Crippen molar-refractivity contribution in [3.63, 3.8) is 0 Å². The normalized spacial score (nSPS) is 23.3. The smallest absolute Gasteiger partial charge is 0.247 e. The van der Waals surface area contributed by atoms with E-state index in [4.69, 9.17) is 10.5 Å². The van der Waals surface area contributed by atoms with Crippen molar-refractivity contribution >= 4 is 22.4 Å². The van der Waals surface area contributed by atoms with Crippen LogP contribution in [0.3, 0.4) is 0 Å². The summed E-state index contributed by atoms with van der Waals surface area (Å²) in [6.07, 6.45) is 1.39. The Morgan fingerprint density at radius 2 is 2.05 bits per heavy atom. The van der Waals surface area contributed by atoms with Gasteiger partial charge >= 0.3 is 0 Å². The molecule has 1 aromatic rings. The SMILES string of the molecule is COC1CCN(S(=O)(=O)c2c(C)nn(C)c2C)C(CN)C1.Cl. The lowest BCUT2D eigenvalue weighted by Crippen LogP contribution is -2.51. The minimum absolute atomic E-state index is 0. The molecule has 2 rings (SSSR count). The standard InChI is InChI=1S/C13H24N4O3S.ClH/c1-9-13(10(2)16(3)15-9)21(18,19)17-6-5-12(20-4)7-11(17)8-14;/h11-12H,5-8,14H2,1-4H3;1H. The number of hydrogen-bond acceptors (Lipinski definition) is 5. The number of aryl methyl sites for hydroxylation is 2. The van der Waals surface area contributed by atoms with Crippen LogP contribution in [0.25, 0.3) is 0 Å². The van der Waals surface area contributed by atoms with E-state index in [-0.39, 0.29) is 31.1 Å². The largest absolute Gasteiger partial charge is 0.381 e. The van der Waals surface area contributed by atoms with Gasteiger partial charge in [-0.25, -0.2) is 8.42 Å². The third kappa shape index (κ3) is 3.30. The lowest BCUT2D eigenvalue weighted by Gasteiger charge is -2.37. The number of rotatable bonds is 4. The molecular weight excluding hydrogens is 328 g/mol. The fraction of sp³-hybridized carbons (Fsp3) is 0.769. The molecule has 0 spiro atoms. The van der Waals surface area contributed by atoms with Crippen LogP contribution in [0.4, 0.5) is 0 Å². The summed E-state index contributed by atoms with van der Waals surface area (Å²) in [4.78, 5) is 0.305. The van der Waals surface area contributed by atoms with E-state index >= 15 is 0 Å². The van der Waals surface area contributed by atoms with Gasteiger partial charge in [-0.05, 0) is 26.7 Å². The van der Waals surface area contributed by atoms with Crippen molar-refractivity contribution in [2.75, 3.05) is 20.2 Å². The van der Waals surface area contributed by atoms with Crippen molar-refractivity contribution in [2.24, 2.45) is 12.8 Å². The maximum atomic E-state index is 13.0. The van der Waals surface area contributed by atoms with E-state index < -0.39 is 10.0 Å². The van der Waals surface area contributed by atoms with Crippen LogP contribution in [-0.4, -0.2) is 54.8 Å². The lowest BCUT2D eigenvalue weighted by atomic mass is 10.0. The van der Waals surface area contributed by atoms with Crippen LogP contribution in [0, 0.1) is 13.8 Å². The van der Waals surface area contributed by atoms with Gasteiger partial charge in [0, 0.05) is 33.3 Å². The average Bonchev–Trinajstić information content (AvgIpc) is 2.71. The molecule has 1 aliphatic heterocycles.